The van der Waals surface area contributed by atoms with Crippen LogP contribution in [0.25, 0.3) is 11.5 Å². The van der Waals surface area contributed by atoms with Crippen molar-refractivity contribution in [3.63, 3.8) is 0 Å². The van der Waals surface area contributed by atoms with Crippen LogP contribution in [0.5, 0.6) is 0 Å². The van der Waals surface area contributed by atoms with Gasteiger partial charge >= 0.3 is 0 Å². The highest BCUT2D eigenvalue weighted by Crippen LogP contribution is 2.37. The van der Waals surface area contributed by atoms with Crippen molar-refractivity contribution in [2.24, 2.45) is 0 Å². The number of carbonyl (C=O) groups is 1. The van der Waals surface area contributed by atoms with E-state index >= 15 is 0 Å². The third kappa shape index (κ3) is 4.13. The third-order valence-electron chi connectivity index (χ3n) is 6.36. The van der Waals surface area contributed by atoms with Gasteiger partial charge in [0.2, 0.25) is 5.95 Å². The summed E-state index contributed by atoms with van der Waals surface area (Å²) in [6, 6.07) is 11.0. The van der Waals surface area contributed by atoms with Crippen LogP contribution in [0.4, 0.5) is 17.5 Å². The van der Waals surface area contributed by atoms with E-state index in [4.69, 9.17) is 4.52 Å². The number of pyridine rings is 1. The molecule has 4 heterocycles. The van der Waals surface area contributed by atoms with Gasteiger partial charge in [-0.25, -0.2) is 15.0 Å². The summed E-state index contributed by atoms with van der Waals surface area (Å²) < 4.78 is 5.38. The molecule has 5 rings (SSSR count). The van der Waals surface area contributed by atoms with E-state index in [0.29, 0.717) is 46.0 Å². The summed E-state index contributed by atoms with van der Waals surface area (Å²) in [5, 5.41) is 20.5. The van der Waals surface area contributed by atoms with Crippen LogP contribution >= 0.6 is 0 Å². The van der Waals surface area contributed by atoms with Crippen LogP contribution in [0, 0.1) is 6.92 Å². The second-order valence-corrected chi connectivity index (χ2v) is 9.06. The second kappa shape index (κ2) is 9.00. The Bertz CT molecular complexity index is 1420. The largest absolute Gasteiger partial charge is 0.394 e. The Kier molecular flexibility index (Phi) is 5.84. The van der Waals surface area contributed by atoms with Crippen LogP contribution in [-0.2, 0) is 5.54 Å². The summed E-state index contributed by atoms with van der Waals surface area (Å²) in [7, 11) is 1.75. The van der Waals surface area contributed by atoms with Crippen molar-refractivity contribution < 1.29 is 14.4 Å². The molecule has 3 N–H and O–H groups in total. The van der Waals surface area contributed by atoms with Gasteiger partial charge in [-0.3, -0.25) is 4.79 Å². The molecule has 4 aromatic rings. The molecule has 0 radical (unpaired) electrons. The van der Waals surface area contributed by atoms with Crippen molar-refractivity contribution in [2.75, 3.05) is 24.3 Å². The number of carbonyl (C=O) groups excluding carboxylic acids is 1. The predicted octanol–water partition coefficient (Wildman–Crippen LogP) is 3.44. The number of aromatic nitrogens is 5. The minimum atomic E-state index is -0.560. The first-order valence-corrected chi connectivity index (χ1v) is 11.4. The van der Waals surface area contributed by atoms with Crippen LogP contribution in [0.3, 0.4) is 0 Å². The average Bonchev–Trinajstić information content (AvgIpc) is 3.38. The zero-order valence-corrected chi connectivity index (χ0v) is 20.4. The molecule has 11 nitrogen and oxygen atoms in total. The van der Waals surface area contributed by atoms with Gasteiger partial charge in [0.15, 0.2) is 5.82 Å². The third-order valence-corrected chi connectivity index (χ3v) is 6.36. The first-order valence-electron chi connectivity index (χ1n) is 11.4. The molecule has 0 saturated heterocycles. The molecule has 0 bridgehead atoms. The summed E-state index contributed by atoms with van der Waals surface area (Å²) >= 11 is 0. The van der Waals surface area contributed by atoms with E-state index in [0.717, 1.165) is 5.56 Å². The lowest BCUT2D eigenvalue weighted by Gasteiger charge is -2.27. The number of nitrogens with one attached hydrogen (secondary N) is 2. The Morgan fingerprint density at radius 3 is 2.56 bits per heavy atom. The number of aryl methyl sites for hydroxylation is 1. The number of rotatable bonds is 7. The summed E-state index contributed by atoms with van der Waals surface area (Å²) in [4.78, 5) is 31.9. The van der Waals surface area contributed by atoms with Gasteiger partial charge in [-0.2, -0.15) is 4.98 Å². The fraction of sp³-hybridized carbons (Fsp3) is 0.280. The number of aliphatic hydroxyl groups excluding tert-OH is 1. The Balaban J connectivity index is 1.50. The molecule has 36 heavy (non-hydrogen) atoms. The molecule has 0 unspecified atom stereocenters. The van der Waals surface area contributed by atoms with Crippen LogP contribution < -0.4 is 10.6 Å². The number of hydrogen-bond donors (Lipinski definition) is 3. The lowest BCUT2D eigenvalue weighted by molar-refractivity contribution is 0.0688. The van der Waals surface area contributed by atoms with Gasteiger partial charge in [0.25, 0.3) is 11.8 Å². The summed E-state index contributed by atoms with van der Waals surface area (Å²) in [6.45, 7) is 5.47. The quantitative estimate of drug-likeness (QED) is 0.355. The maximum atomic E-state index is 12.5. The molecule has 0 fully saturated rings. The monoisotopic (exact) mass is 486 g/mol. The smallest absolute Gasteiger partial charge is 0.261 e. The van der Waals surface area contributed by atoms with E-state index < -0.39 is 5.54 Å². The Labute approximate surface area is 207 Å². The lowest BCUT2D eigenvalue weighted by Crippen LogP contribution is -2.35. The van der Waals surface area contributed by atoms with Gasteiger partial charge in [0.1, 0.15) is 5.82 Å². The van der Waals surface area contributed by atoms with Crippen LogP contribution in [0.2, 0.25) is 0 Å². The SMILES string of the molecule is Cc1noc(-c2cnc(Nc3ncc4c(n3)C(C)(C)N(C)C4=O)cc2N[C@H](CO)c2ccccc2)n1. The van der Waals surface area contributed by atoms with Crippen molar-refractivity contribution in [3.8, 4) is 11.5 Å². The van der Waals surface area contributed by atoms with Crippen molar-refractivity contribution in [3.05, 3.63) is 71.4 Å². The van der Waals surface area contributed by atoms with Gasteiger partial charge in [-0.15, -0.1) is 0 Å². The molecule has 3 aromatic heterocycles. The molecule has 1 aliphatic rings. The number of anilines is 3. The van der Waals surface area contributed by atoms with E-state index in [9.17, 15) is 9.90 Å². The van der Waals surface area contributed by atoms with Crippen molar-refractivity contribution in [1.82, 2.24) is 30.0 Å². The van der Waals surface area contributed by atoms with Crippen LogP contribution in [-0.4, -0.2) is 54.7 Å². The van der Waals surface area contributed by atoms with Crippen LogP contribution in [0.15, 0.2) is 53.3 Å². The molecule has 0 saturated carbocycles. The topological polar surface area (TPSA) is 142 Å². The Morgan fingerprint density at radius 1 is 1.11 bits per heavy atom. The van der Waals surface area contributed by atoms with Gasteiger partial charge in [-0.1, -0.05) is 35.5 Å². The zero-order chi connectivity index (χ0) is 25.4. The molecule has 11 heteroatoms. The number of hydrogen-bond acceptors (Lipinski definition) is 10. The molecule has 1 amide bonds. The van der Waals surface area contributed by atoms with E-state index in [-0.39, 0.29) is 18.6 Å². The fourth-order valence-electron chi connectivity index (χ4n) is 4.10. The molecule has 1 atom stereocenters. The van der Waals surface area contributed by atoms with Crippen molar-refractivity contribution in [2.45, 2.75) is 32.4 Å². The first kappa shape index (κ1) is 23.4. The number of fused-ring (bicyclic) bond motifs is 1. The molecule has 1 aromatic carbocycles. The number of benzene rings is 1. The van der Waals surface area contributed by atoms with E-state index in [1.54, 1.807) is 31.1 Å². The van der Waals surface area contributed by atoms with E-state index in [1.807, 2.05) is 44.2 Å². The second-order valence-electron chi connectivity index (χ2n) is 9.06. The molecular weight excluding hydrogens is 460 g/mol. The standard InChI is InChI=1S/C25H26N8O3/c1-14-28-22(36-32-14)16-11-26-20(10-18(16)29-19(13-34)15-8-6-5-7-9-15)30-24-27-12-17-21(31-24)25(2,3)33(4)23(17)35/h5-12,19,34H,13H2,1-4H3,(H2,26,27,29,30,31)/t19-/m1/s1. The van der Waals surface area contributed by atoms with E-state index in [1.165, 1.54) is 6.20 Å². The van der Waals surface area contributed by atoms with Gasteiger partial charge in [-0.05, 0) is 26.3 Å². The molecule has 0 aliphatic carbocycles. The molecule has 184 valence electrons. The predicted molar refractivity (Wildman–Crippen MR) is 133 cm³/mol. The summed E-state index contributed by atoms with van der Waals surface area (Å²) in [5.74, 6) is 1.45. The number of aliphatic hydroxyl groups is 1. The van der Waals surface area contributed by atoms with E-state index in [2.05, 4.69) is 35.7 Å². The van der Waals surface area contributed by atoms with Gasteiger partial charge in [0, 0.05) is 25.5 Å². The molecule has 0 spiro atoms. The lowest BCUT2D eigenvalue weighted by atomic mass is 10.0. The highest BCUT2D eigenvalue weighted by molar-refractivity contribution is 5.99. The van der Waals surface area contributed by atoms with Crippen molar-refractivity contribution >= 4 is 23.4 Å². The normalized spacial score (nSPS) is 15.0. The molecular formula is C25H26N8O3. The highest BCUT2D eigenvalue weighted by Gasteiger charge is 2.42. The van der Waals surface area contributed by atoms with Gasteiger partial charge < -0.3 is 25.2 Å². The number of amides is 1. The summed E-state index contributed by atoms with van der Waals surface area (Å²) in [6.07, 6.45) is 3.13. The fourth-order valence-corrected chi connectivity index (χ4v) is 4.10. The maximum absolute atomic E-state index is 12.5. The van der Waals surface area contributed by atoms with Crippen molar-refractivity contribution in [1.29, 1.82) is 0 Å². The molecule has 1 aliphatic heterocycles. The first-order chi connectivity index (χ1) is 17.3. The zero-order valence-electron chi connectivity index (χ0n) is 20.4. The Hall–Kier alpha value is -4.38. The van der Waals surface area contributed by atoms with Crippen LogP contribution in [0.1, 0.15) is 47.3 Å². The highest BCUT2D eigenvalue weighted by atomic mass is 16.5. The minimum absolute atomic E-state index is 0.110. The average molecular weight is 487 g/mol. The summed E-state index contributed by atoms with van der Waals surface area (Å²) in [5.41, 5.74) is 2.69. The maximum Gasteiger partial charge on any atom is 0.261 e. The Morgan fingerprint density at radius 2 is 1.86 bits per heavy atom. The van der Waals surface area contributed by atoms with Gasteiger partial charge in [0.05, 0.1) is 40.7 Å². The number of nitrogens with zero attached hydrogens (tertiary/aromatic N) is 6. The minimum Gasteiger partial charge on any atom is -0.394 e.